The van der Waals surface area contributed by atoms with E-state index < -0.39 is 0 Å². The van der Waals surface area contributed by atoms with Crippen molar-refractivity contribution in [3.63, 3.8) is 0 Å². The number of anilines is 1. The predicted molar refractivity (Wildman–Crippen MR) is 118 cm³/mol. The molecular formula is C23H43N3O. The second-order valence-electron chi connectivity index (χ2n) is 7.94. The van der Waals surface area contributed by atoms with Crippen LogP contribution in [-0.2, 0) is 7.05 Å². The Morgan fingerprint density at radius 1 is 0.778 bits per heavy atom. The SMILES string of the molecule is CCCCCCCCCCCCCCCCCCNc1ccn(C)c(=O)n1. The lowest BCUT2D eigenvalue weighted by Crippen LogP contribution is -2.20. The van der Waals surface area contributed by atoms with Gasteiger partial charge >= 0.3 is 5.69 Å². The van der Waals surface area contributed by atoms with E-state index in [1.54, 1.807) is 13.2 Å². The van der Waals surface area contributed by atoms with E-state index in [4.69, 9.17) is 0 Å². The Bertz CT molecular complexity index is 513. The molecule has 0 saturated heterocycles. The summed E-state index contributed by atoms with van der Waals surface area (Å²) in [6.45, 7) is 3.19. The number of aromatic nitrogens is 2. The number of hydrogen-bond donors (Lipinski definition) is 1. The Labute approximate surface area is 167 Å². The standard InChI is InChI=1S/C23H43N3O/c1-3-4-5-6-7-8-9-10-11-12-13-14-15-16-17-18-20-24-22-19-21-26(2)23(27)25-22/h19,21H,3-18,20H2,1-2H3,(H,24,25,27). The largest absolute Gasteiger partial charge is 0.370 e. The molecule has 1 aromatic rings. The summed E-state index contributed by atoms with van der Waals surface area (Å²) < 4.78 is 1.49. The fourth-order valence-corrected chi connectivity index (χ4v) is 3.45. The van der Waals surface area contributed by atoms with Crippen LogP contribution in [-0.4, -0.2) is 16.1 Å². The summed E-state index contributed by atoms with van der Waals surface area (Å²) in [4.78, 5) is 15.4. The van der Waals surface area contributed by atoms with E-state index in [-0.39, 0.29) is 5.69 Å². The van der Waals surface area contributed by atoms with Crippen LogP contribution in [0.5, 0.6) is 0 Å². The Balaban J connectivity index is 1.78. The highest BCUT2D eigenvalue weighted by Gasteiger charge is 1.97. The number of aryl methyl sites for hydroxylation is 1. The maximum absolute atomic E-state index is 11.4. The minimum atomic E-state index is -0.202. The third kappa shape index (κ3) is 13.5. The third-order valence-electron chi connectivity index (χ3n) is 5.31. The molecule has 0 aliphatic heterocycles. The van der Waals surface area contributed by atoms with Gasteiger partial charge in [-0.05, 0) is 12.5 Å². The van der Waals surface area contributed by atoms with Crippen LogP contribution in [0.25, 0.3) is 0 Å². The zero-order valence-electron chi connectivity index (χ0n) is 18.0. The molecular weight excluding hydrogens is 334 g/mol. The molecule has 0 spiro atoms. The van der Waals surface area contributed by atoms with Gasteiger partial charge in [-0.3, -0.25) is 0 Å². The first-order valence-corrected chi connectivity index (χ1v) is 11.5. The van der Waals surface area contributed by atoms with Crippen LogP contribution in [0, 0.1) is 0 Å². The summed E-state index contributed by atoms with van der Waals surface area (Å²) in [5.74, 6) is 0.694. The van der Waals surface area contributed by atoms with Crippen LogP contribution >= 0.6 is 0 Å². The second kappa shape index (κ2) is 16.8. The summed E-state index contributed by atoms with van der Waals surface area (Å²) >= 11 is 0. The molecule has 4 nitrogen and oxygen atoms in total. The molecule has 1 rings (SSSR count). The third-order valence-corrected chi connectivity index (χ3v) is 5.31. The zero-order valence-corrected chi connectivity index (χ0v) is 18.0. The molecule has 0 aliphatic carbocycles. The molecule has 1 aromatic heterocycles. The van der Waals surface area contributed by atoms with Gasteiger partial charge in [-0.2, -0.15) is 4.98 Å². The van der Waals surface area contributed by atoms with E-state index in [0.717, 1.165) is 13.0 Å². The smallest absolute Gasteiger partial charge is 0.349 e. The molecule has 4 heteroatoms. The van der Waals surface area contributed by atoms with E-state index in [2.05, 4.69) is 17.2 Å². The van der Waals surface area contributed by atoms with Gasteiger partial charge in [0.25, 0.3) is 0 Å². The van der Waals surface area contributed by atoms with Crippen molar-refractivity contribution in [1.82, 2.24) is 9.55 Å². The molecule has 0 saturated carbocycles. The van der Waals surface area contributed by atoms with Crippen molar-refractivity contribution in [3.05, 3.63) is 22.7 Å². The van der Waals surface area contributed by atoms with E-state index >= 15 is 0 Å². The lowest BCUT2D eigenvalue weighted by atomic mass is 10.0. The highest BCUT2D eigenvalue weighted by atomic mass is 16.1. The Kier molecular flexibility index (Phi) is 14.8. The maximum Gasteiger partial charge on any atom is 0.349 e. The molecule has 27 heavy (non-hydrogen) atoms. The Morgan fingerprint density at radius 2 is 1.22 bits per heavy atom. The molecule has 0 aliphatic rings. The molecule has 0 atom stereocenters. The maximum atomic E-state index is 11.4. The van der Waals surface area contributed by atoms with E-state index in [0.29, 0.717) is 5.82 Å². The van der Waals surface area contributed by atoms with Crippen LogP contribution in [0.3, 0.4) is 0 Å². The van der Waals surface area contributed by atoms with Crippen LogP contribution in [0.2, 0.25) is 0 Å². The normalized spacial score (nSPS) is 11.0. The highest BCUT2D eigenvalue weighted by molar-refractivity contribution is 5.31. The van der Waals surface area contributed by atoms with Crippen LogP contribution in [0.1, 0.15) is 110 Å². The highest BCUT2D eigenvalue weighted by Crippen LogP contribution is 2.13. The van der Waals surface area contributed by atoms with Gasteiger partial charge in [0.2, 0.25) is 0 Å². The average molecular weight is 378 g/mol. The van der Waals surface area contributed by atoms with E-state index in [1.165, 1.54) is 101 Å². The van der Waals surface area contributed by atoms with Gasteiger partial charge in [0, 0.05) is 19.8 Å². The van der Waals surface area contributed by atoms with Gasteiger partial charge in [-0.1, -0.05) is 103 Å². The average Bonchev–Trinajstić information content (AvgIpc) is 2.67. The van der Waals surface area contributed by atoms with Gasteiger partial charge in [0.1, 0.15) is 5.82 Å². The van der Waals surface area contributed by atoms with Crippen molar-refractivity contribution in [3.8, 4) is 0 Å². The fourth-order valence-electron chi connectivity index (χ4n) is 3.45. The fraction of sp³-hybridized carbons (Fsp3) is 0.826. The molecule has 0 bridgehead atoms. The molecule has 1 N–H and O–H groups in total. The second-order valence-corrected chi connectivity index (χ2v) is 7.94. The van der Waals surface area contributed by atoms with Crippen LogP contribution < -0.4 is 11.0 Å². The number of rotatable bonds is 18. The minimum absolute atomic E-state index is 0.202. The number of unbranched alkanes of at least 4 members (excludes halogenated alkanes) is 15. The topological polar surface area (TPSA) is 46.9 Å². The van der Waals surface area contributed by atoms with Crippen LogP contribution in [0.15, 0.2) is 17.1 Å². The van der Waals surface area contributed by atoms with Gasteiger partial charge in [-0.25, -0.2) is 4.79 Å². The van der Waals surface area contributed by atoms with Gasteiger partial charge in [0.05, 0.1) is 0 Å². The molecule has 0 radical (unpaired) electrons. The molecule has 156 valence electrons. The molecule has 1 heterocycles. The van der Waals surface area contributed by atoms with Crippen molar-refractivity contribution in [2.75, 3.05) is 11.9 Å². The summed E-state index contributed by atoms with van der Waals surface area (Å²) in [5, 5.41) is 3.24. The summed E-state index contributed by atoms with van der Waals surface area (Å²) in [6.07, 6.45) is 23.9. The number of nitrogens with zero attached hydrogens (tertiary/aromatic N) is 2. The number of nitrogens with one attached hydrogen (secondary N) is 1. The first kappa shape index (κ1) is 23.7. The van der Waals surface area contributed by atoms with Crippen molar-refractivity contribution in [1.29, 1.82) is 0 Å². The van der Waals surface area contributed by atoms with Crippen molar-refractivity contribution in [2.45, 2.75) is 110 Å². The molecule has 0 fully saturated rings. The van der Waals surface area contributed by atoms with Gasteiger partial charge in [-0.15, -0.1) is 0 Å². The summed E-state index contributed by atoms with van der Waals surface area (Å²) in [5.41, 5.74) is -0.202. The minimum Gasteiger partial charge on any atom is -0.370 e. The van der Waals surface area contributed by atoms with E-state index in [1.807, 2.05) is 6.07 Å². The Morgan fingerprint density at radius 3 is 1.67 bits per heavy atom. The quantitative estimate of drug-likeness (QED) is 0.299. The van der Waals surface area contributed by atoms with Crippen molar-refractivity contribution in [2.24, 2.45) is 7.05 Å². The first-order chi connectivity index (χ1) is 13.2. The van der Waals surface area contributed by atoms with Gasteiger partial charge < -0.3 is 9.88 Å². The lowest BCUT2D eigenvalue weighted by Gasteiger charge is -2.06. The van der Waals surface area contributed by atoms with Crippen molar-refractivity contribution >= 4 is 5.82 Å². The summed E-state index contributed by atoms with van der Waals surface area (Å²) in [7, 11) is 1.72. The summed E-state index contributed by atoms with van der Waals surface area (Å²) in [6, 6.07) is 1.86. The van der Waals surface area contributed by atoms with Gasteiger partial charge in [0.15, 0.2) is 0 Å². The van der Waals surface area contributed by atoms with E-state index in [9.17, 15) is 4.79 Å². The monoisotopic (exact) mass is 377 g/mol. The molecule has 0 amide bonds. The number of hydrogen-bond acceptors (Lipinski definition) is 3. The lowest BCUT2D eigenvalue weighted by molar-refractivity contribution is 0.530. The molecule has 0 aromatic carbocycles. The van der Waals surface area contributed by atoms with Crippen LogP contribution in [0.4, 0.5) is 5.82 Å². The first-order valence-electron chi connectivity index (χ1n) is 11.5. The molecule has 0 unspecified atom stereocenters. The van der Waals surface area contributed by atoms with Crippen molar-refractivity contribution < 1.29 is 0 Å². The Hall–Kier alpha value is -1.32. The zero-order chi connectivity index (χ0) is 19.6. The predicted octanol–water partition coefficient (Wildman–Crippen LogP) is 6.45.